The molecule has 1 N–H and O–H groups in total. The predicted molar refractivity (Wildman–Crippen MR) is 181 cm³/mol. The SMILES string of the molecule is Cc1ccc(N2C(=O)C3CC=C4C(CC5(Cl)C(=O)N(c6ccc(F)cc6)C(=O)C5(Cl)C4c4ccc5ccccc5c4O)C3C2=O)cc1Cl. The Morgan fingerprint density at radius 3 is 2.27 bits per heavy atom. The summed E-state index contributed by atoms with van der Waals surface area (Å²) in [6.07, 6.45) is 1.73. The average molecular weight is 704 g/mol. The van der Waals surface area contributed by atoms with Gasteiger partial charge in [-0.25, -0.2) is 14.2 Å². The van der Waals surface area contributed by atoms with Crippen LogP contribution in [0.15, 0.2) is 90.5 Å². The van der Waals surface area contributed by atoms with E-state index in [0.717, 1.165) is 32.9 Å². The lowest BCUT2D eigenvalue weighted by atomic mass is 9.56. The summed E-state index contributed by atoms with van der Waals surface area (Å²) in [6.45, 7) is 1.81. The molecule has 2 aliphatic heterocycles. The number of aryl methyl sites for hydroxylation is 1. The summed E-state index contributed by atoms with van der Waals surface area (Å²) in [5.74, 6) is -6.92. The first-order valence-corrected chi connectivity index (χ1v) is 16.6. The second kappa shape index (κ2) is 10.6. The van der Waals surface area contributed by atoms with Crippen molar-refractivity contribution < 1.29 is 28.7 Å². The van der Waals surface area contributed by atoms with Crippen LogP contribution in [0.5, 0.6) is 5.75 Å². The van der Waals surface area contributed by atoms with Gasteiger partial charge >= 0.3 is 0 Å². The molecular weight excluding hydrogens is 678 g/mol. The van der Waals surface area contributed by atoms with Gasteiger partial charge in [0.25, 0.3) is 11.8 Å². The molecule has 4 aromatic rings. The van der Waals surface area contributed by atoms with Crippen molar-refractivity contribution in [3.8, 4) is 5.75 Å². The molecule has 6 atom stereocenters. The second-order valence-electron chi connectivity index (χ2n) is 12.9. The molecule has 6 unspecified atom stereocenters. The number of hydrogen-bond donors (Lipinski definition) is 1. The van der Waals surface area contributed by atoms with E-state index in [1.165, 1.54) is 12.1 Å². The summed E-state index contributed by atoms with van der Waals surface area (Å²) in [4.78, 5) is 55.0. The van der Waals surface area contributed by atoms with Gasteiger partial charge in [0.15, 0.2) is 9.75 Å². The van der Waals surface area contributed by atoms with Crippen LogP contribution >= 0.6 is 34.8 Å². The smallest absolute Gasteiger partial charge is 0.258 e. The molecule has 0 bridgehead atoms. The number of allylic oxidation sites excluding steroid dienone is 2. The summed E-state index contributed by atoms with van der Waals surface area (Å²) < 4.78 is 13.9. The first kappa shape index (κ1) is 31.1. The van der Waals surface area contributed by atoms with Gasteiger partial charge in [0.05, 0.1) is 23.2 Å². The number of phenolic OH excluding ortho intramolecular Hbond substituents is 1. The zero-order valence-electron chi connectivity index (χ0n) is 25.3. The van der Waals surface area contributed by atoms with Crippen LogP contribution in [-0.4, -0.2) is 38.5 Å². The second-order valence-corrected chi connectivity index (χ2v) is 14.6. The lowest BCUT2D eigenvalue weighted by Crippen LogP contribution is -2.60. The number of carbonyl (C=O) groups is 4. The van der Waals surface area contributed by atoms with Crippen molar-refractivity contribution in [1.29, 1.82) is 0 Å². The largest absolute Gasteiger partial charge is 0.507 e. The molecule has 2 heterocycles. The molecule has 8 rings (SSSR count). The van der Waals surface area contributed by atoms with Crippen molar-refractivity contribution in [2.24, 2.45) is 17.8 Å². The molecule has 4 aromatic carbocycles. The molecule has 3 fully saturated rings. The number of amides is 4. The number of benzene rings is 4. The van der Waals surface area contributed by atoms with Crippen LogP contribution in [0, 0.1) is 30.5 Å². The number of carbonyl (C=O) groups excluding carboxylic acids is 4. The summed E-state index contributed by atoms with van der Waals surface area (Å²) in [6, 6.07) is 20.3. The Bertz CT molecular complexity index is 2150. The fraction of sp³-hybridized carbons (Fsp3) is 0.243. The van der Waals surface area contributed by atoms with Crippen LogP contribution in [0.4, 0.5) is 15.8 Å². The van der Waals surface area contributed by atoms with E-state index in [9.17, 15) is 28.7 Å². The highest BCUT2D eigenvalue weighted by atomic mass is 35.5. The van der Waals surface area contributed by atoms with E-state index in [4.69, 9.17) is 34.8 Å². The van der Waals surface area contributed by atoms with Crippen LogP contribution < -0.4 is 9.80 Å². The Kier molecular flexibility index (Phi) is 6.88. The zero-order valence-corrected chi connectivity index (χ0v) is 27.6. The summed E-state index contributed by atoms with van der Waals surface area (Å²) >= 11 is 21.3. The maximum atomic E-state index is 14.6. The van der Waals surface area contributed by atoms with E-state index in [0.29, 0.717) is 21.7 Å². The molecular formula is C37H26Cl3FN2O5. The molecule has 11 heteroatoms. The van der Waals surface area contributed by atoms with Gasteiger partial charge in [0.2, 0.25) is 11.8 Å². The molecule has 242 valence electrons. The first-order chi connectivity index (χ1) is 22.9. The number of fused-ring (bicyclic) bond motifs is 5. The first-order valence-electron chi connectivity index (χ1n) is 15.5. The third-order valence-corrected chi connectivity index (χ3v) is 12.4. The number of anilines is 2. The molecule has 1 saturated carbocycles. The standard InChI is InChI=1S/C37H26Cl3FN2O5/c1-18-6-10-22(16-28(18)38)42-32(45)25-15-14-24-27(29(25)33(42)46)17-36(39)34(47)43(21-11-8-20(41)9-12-21)35(48)37(36,40)30(24)26-13-7-19-4-2-3-5-23(19)31(26)44/h2-14,16,25,27,29-30,44H,15,17H2,1H3. The van der Waals surface area contributed by atoms with Crippen molar-refractivity contribution in [3.05, 3.63) is 112 Å². The van der Waals surface area contributed by atoms with Crippen molar-refractivity contribution >= 4 is 80.6 Å². The van der Waals surface area contributed by atoms with Gasteiger partial charge < -0.3 is 5.11 Å². The summed E-state index contributed by atoms with van der Waals surface area (Å²) in [5.41, 5.74) is 1.98. The Hall–Kier alpha value is -4.24. The lowest BCUT2D eigenvalue weighted by Gasteiger charge is -2.50. The molecule has 4 aliphatic rings. The molecule has 7 nitrogen and oxygen atoms in total. The van der Waals surface area contributed by atoms with E-state index < -0.39 is 62.9 Å². The quantitative estimate of drug-likeness (QED) is 0.136. The number of phenols is 1. The number of halogens is 4. The Morgan fingerprint density at radius 2 is 1.54 bits per heavy atom. The number of nitrogens with zero attached hydrogens (tertiary/aromatic N) is 2. The third-order valence-electron chi connectivity index (χ3n) is 10.6. The minimum absolute atomic E-state index is 0.0757. The highest BCUT2D eigenvalue weighted by Crippen LogP contribution is 2.66. The molecule has 2 saturated heterocycles. The van der Waals surface area contributed by atoms with Crippen LogP contribution in [-0.2, 0) is 19.2 Å². The number of alkyl halides is 2. The van der Waals surface area contributed by atoms with E-state index >= 15 is 0 Å². The van der Waals surface area contributed by atoms with Crippen LogP contribution in [0.2, 0.25) is 5.02 Å². The number of rotatable bonds is 3. The summed E-state index contributed by atoms with van der Waals surface area (Å²) in [5, 5.41) is 13.4. The van der Waals surface area contributed by atoms with E-state index in [-0.39, 0.29) is 29.8 Å². The van der Waals surface area contributed by atoms with Gasteiger partial charge in [0.1, 0.15) is 11.6 Å². The fourth-order valence-corrected chi connectivity index (χ4v) is 9.33. The molecule has 48 heavy (non-hydrogen) atoms. The number of aromatic hydroxyl groups is 1. The molecule has 0 radical (unpaired) electrons. The maximum absolute atomic E-state index is 14.6. The third kappa shape index (κ3) is 4.00. The van der Waals surface area contributed by atoms with Crippen molar-refractivity contribution in [1.82, 2.24) is 0 Å². The van der Waals surface area contributed by atoms with Gasteiger partial charge in [-0.15, -0.1) is 23.2 Å². The van der Waals surface area contributed by atoms with Gasteiger partial charge in [-0.1, -0.05) is 65.7 Å². The van der Waals surface area contributed by atoms with Crippen molar-refractivity contribution in [2.45, 2.75) is 35.4 Å². The topological polar surface area (TPSA) is 95.0 Å². The monoisotopic (exact) mass is 702 g/mol. The van der Waals surface area contributed by atoms with Gasteiger partial charge in [-0.05, 0) is 73.0 Å². The van der Waals surface area contributed by atoms with Gasteiger partial charge in [-0.2, -0.15) is 0 Å². The Balaban J connectivity index is 1.32. The minimum atomic E-state index is -2.16. The molecule has 0 spiro atoms. The Labute approximate surface area is 289 Å². The maximum Gasteiger partial charge on any atom is 0.258 e. The fourth-order valence-electron chi connectivity index (χ4n) is 8.22. The minimum Gasteiger partial charge on any atom is -0.507 e. The van der Waals surface area contributed by atoms with E-state index in [2.05, 4.69) is 0 Å². The highest BCUT2D eigenvalue weighted by molar-refractivity contribution is 6.58. The van der Waals surface area contributed by atoms with Crippen LogP contribution in [0.3, 0.4) is 0 Å². The number of hydrogen-bond acceptors (Lipinski definition) is 5. The van der Waals surface area contributed by atoms with Crippen LogP contribution in [0.1, 0.15) is 29.9 Å². The van der Waals surface area contributed by atoms with E-state index in [1.54, 1.807) is 48.5 Å². The summed E-state index contributed by atoms with van der Waals surface area (Å²) in [7, 11) is 0. The average Bonchev–Trinajstić information content (AvgIpc) is 3.41. The van der Waals surface area contributed by atoms with Crippen molar-refractivity contribution in [2.75, 3.05) is 9.80 Å². The normalized spacial score (nSPS) is 29.6. The molecule has 2 aliphatic carbocycles. The Morgan fingerprint density at radius 1 is 0.833 bits per heavy atom. The van der Waals surface area contributed by atoms with Crippen LogP contribution in [0.25, 0.3) is 10.8 Å². The zero-order chi connectivity index (χ0) is 33.9. The molecule has 4 amide bonds. The van der Waals surface area contributed by atoms with Gasteiger partial charge in [-0.3, -0.25) is 19.2 Å². The molecule has 0 aromatic heterocycles. The predicted octanol–water partition coefficient (Wildman–Crippen LogP) is 7.41. The lowest BCUT2D eigenvalue weighted by molar-refractivity contribution is -0.125. The van der Waals surface area contributed by atoms with E-state index in [1.807, 2.05) is 19.1 Å². The van der Waals surface area contributed by atoms with Crippen molar-refractivity contribution in [3.63, 3.8) is 0 Å². The number of imide groups is 2. The highest BCUT2D eigenvalue weighted by Gasteiger charge is 2.77. The van der Waals surface area contributed by atoms with Gasteiger partial charge in [0, 0.05) is 21.9 Å².